The summed E-state index contributed by atoms with van der Waals surface area (Å²) in [5.74, 6) is -0.607. The molecule has 21 heavy (non-hydrogen) atoms. The molecule has 0 unspecified atom stereocenters. The van der Waals surface area contributed by atoms with Crippen molar-refractivity contribution in [1.82, 2.24) is 4.90 Å². The normalized spacial score (nSPS) is 29.7. The van der Waals surface area contributed by atoms with Crippen LogP contribution < -0.4 is 0 Å². The second-order valence-corrected chi connectivity index (χ2v) is 5.41. The van der Waals surface area contributed by atoms with Crippen LogP contribution in [0.25, 0.3) is 0 Å². The predicted octanol–water partition coefficient (Wildman–Crippen LogP) is 0.930. The van der Waals surface area contributed by atoms with Crippen molar-refractivity contribution >= 4 is 12.1 Å². The largest absolute Gasteiger partial charge is 0.460 e. The van der Waals surface area contributed by atoms with Gasteiger partial charge in [0, 0.05) is 19.4 Å². The van der Waals surface area contributed by atoms with E-state index in [2.05, 4.69) is 0 Å². The number of aliphatic hydroxyl groups excluding tert-OH is 1. The highest BCUT2D eigenvalue weighted by Crippen LogP contribution is 2.43. The third-order valence-corrected chi connectivity index (χ3v) is 4.06. The number of esters is 1. The fourth-order valence-electron chi connectivity index (χ4n) is 3.02. The van der Waals surface area contributed by atoms with Crippen LogP contribution >= 0.6 is 0 Å². The Kier molecular flexibility index (Phi) is 3.55. The van der Waals surface area contributed by atoms with Crippen molar-refractivity contribution < 1.29 is 24.2 Å². The third kappa shape index (κ3) is 2.47. The molecule has 0 aromatic heterocycles. The summed E-state index contributed by atoms with van der Waals surface area (Å²) in [5, 5.41) is 9.89. The summed E-state index contributed by atoms with van der Waals surface area (Å²) in [4.78, 5) is 24.6. The van der Waals surface area contributed by atoms with E-state index >= 15 is 0 Å². The first-order valence-electron chi connectivity index (χ1n) is 6.90. The molecule has 3 aliphatic rings. The fraction of sp³-hybridized carbons (Fsp3) is 0.467. The van der Waals surface area contributed by atoms with Gasteiger partial charge in [-0.15, -0.1) is 0 Å². The molecule has 4 rings (SSSR count). The monoisotopic (exact) mass is 291 g/mol. The minimum absolute atomic E-state index is 0.182. The smallest absolute Gasteiger partial charge is 0.410 e. The Balaban J connectivity index is 1.58. The van der Waals surface area contributed by atoms with E-state index in [0.29, 0.717) is 6.54 Å². The highest BCUT2D eigenvalue weighted by molar-refractivity contribution is 5.71. The summed E-state index contributed by atoms with van der Waals surface area (Å²) >= 11 is 0. The van der Waals surface area contributed by atoms with Crippen LogP contribution in [0.4, 0.5) is 4.79 Å². The second kappa shape index (κ2) is 5.37. The highest BCUT2D eigenvalue weighted by atomic mass is 16.6. The molecule has 6 heteroatoms. The van der Waals surface area contributed by atoms with Gasteiger partial charge >= 0.3 is 12.1 Å². The summed E-state index contributed by atoms with van der Waals surface area (Å²) in [7, 11) is 0. The highest BCUT2D eigenvalue weighted by Gasteiger charge is 2.63. The number of hydrogen-bond acceptors (Lipinski definition) is 5. The molecule has 0 radical (unpaired) electrons. The number of benzene rings is 1. The molecule has 1 saturated carbocycles. The Hall–Kier alpha value is -2.08. The number of carbonyl (C=O) groups is 2. The number of aliphatic hydroxyl groups is 1. The molecule has 1 amide bonds. The van der Waals surface area contributed by atoms with E-state index in [9.17, 15) is 14.7 Å². The Morgan fingerprint density at radius 1 is 1.33 bits per heavy atom. The molecule has 2 saturated heterocycles. The van der Waals surface area contributed by atoms with Crippen LogP contribution in [0.15, 0.2) is 30.3 Å². The average Bonchev–Trinajstić information content (AvgIpc) is 3.02. The van der Waals surface area contributed by atoms with Gasteiger partial charge in [0.15, 0.2) is 0 Å². The molecular weight excluding hydrogens is 274 g/mol. The van der Waals surface area contributed by atoms with Crippen LogP contribution in [0, 0.1) is 5.92 Å². The summed E-state index contributed by atoms with van der Waals surface area (Å²) in [6.45, 7) is 1.86. The van der Waals surface area contributed by atoms with Crippen LogP contribution in [-0.2, 0) is 20.9 Å². The van der Waals surface area contributed by atoms with Crippen LogP contribution in [0.5, 0.6) is 0 Å². The van der Waals surface area contributed by atoms with Gasteiger partial charge in [-0.3, -0.25) is 9.69 Å². The summed E-state index contributed by atoms with van der Waals surface area (Å²) in [6.07, 6.45) is -1.54. The van der Waals surface area contributed by atoms with Gasteiger partial charge in [-0.05, 0) is 5.56 Å². The molecule has 6 nitrogen and oxygen atoms in total. The van der Waals surface area contributed by atoms with Crippen LogP contribution in [0.3, 0.4) is 0 Å². The second-order valence-electron chi connectivity index (χ2n) is 5.41. The van der Waals surface area contributed by atoms with E-state index in [1.165, 1.54) is 11.8 Å². The molecule has 4 atom stereocenters. The van der Waals surface area contributed by atoms with Crippen LogP contribution in [0.2, 0.25) is 0 Å². The van der Waals surface area contributed by atoms with Gasteiger partial charge in [0.1, 0.15) is 12.7 Å². The SMILES string of the molecule is CC(=O)O[C@@H]1[C@H]2CN(C(=O)OCc3ccccc3)[C@@H]1[C@@H]2O. The zero-order valence-electron chi connectivity index (χ0n) is 11.6. The van der Waals surface area contributed by atoms with E-state index in [1.807, 2.05) is 30.3 Å². The Morgan fingerprint density at radius 3 is 2.71 bits per heavy atom. The molecule has 112 valence electrons. The van der Waals surface area contributed by atoms with Crippen molar-refractivity contribution in [3.8, 4) is 0 Å². The average molecular weight is 291 g/mol. The lowest BCUT2D eigenvalue weighted by Crippen LogP contribution is -2.58. The minimum atomic E-state index is -0.640. The van der Waals surface area contributed by atoms with E-state index < -0.39 is 30.3 Å². The van der Waals surface area contributed by atoms with Gasteiger partial charge in [0.25, 0.3) is 0 Å². The van der Waals surface area contributed by atoms with Gasteiger partial charge in [-0.2, -0.15) is 0 Å². The van der Waals surface area contributed by atoms with Gasteiger partial charge in [-0.25, -0.2) is 4.79 Å². The number of rotatable bonds is 3. The van der Waals surface area contributed by atoms with Crippen LogP contribution in [-0.4, -0.2) is 46.9 Å². The maximum absolute atomic E-state index is 12.1. The van der Waals surface area contributed by atoms with E-state index in [4.69, 9.17) is 9.47 Å². The van der Waals surface area contributed by atoms with E-state index in [-0.39, 0.29) is 12.5 Å². The molecule has 1 aliphatic carbocycles. The lowest BCUT2D eigenvalue weighted by Gasteiger charge is -2.39. The molecule has 2 aliphatic heterocycles. The van der Waals surface area contributed by atoms with Crippen molar-refractivity contribution in [3.05, 3.63) is 35.9 Å². The van der Waals surface area contributed by atoms with Gasteiger partial charge < -0.3 is 14.6 Å². The minimum Gasteiger partial charge on any atom is -0.460 e. The molecule has 2 heterocycles. The molecule has 0 spiro atoms. The Bertz CT molecular complexity index is 546. The first kappa shape index (κ1) is 13.9. The number of carbonyl (C=O) groups excluding carboxylic acids is 2. The summed E-state index contributed by atoms with van der Waals surface area (Å²) < 4.78 is 10.4. The third-order valence-electron chi connectivity index (χ3n) is 4.06. The quantitative estimate of drug-likeness (QED) is 0.838. The van der Waals surface area contributed by atoms with Crippen molar-refractivity contribution in [2.24, 2.45) is 5.92 Å². The van der Waals surface area contributed by atoms with Crippen molar-refractivity contribution in [1.29, 1.82) is 0 Å². The van der Waals surface area contributed by atoms with Crippen molar-refractivity contribution in [3.63, 3.8) is 0 Å². The maximum Gasteiger partial charge on any atom is 0.410 e. The standard InChI is InChI=1S/C15H17NO5/c1-9(17)21-14-11-7-16(12(14)13(11)18)15(19)20-8-10-5-3-2-4-6-10/h2-6,11-14,18H,7-8H2,1H3/t11-,12+,13+,14+/m0/s1. The lowest BCUT2D eigenvalue weighted by molar-refractivity contribution is -0.166. The first-order chi connectivity index (χ1) is 10.1. The number of nitrogens with zero attached hydrogens (tertiary/aromatic N) is 1. The molecular formula is C15H17NO5. The summed E-state index contributed by atoms with van der Waals surface area (Å²) in [6, 6.07) is 8.89. The van der Waals surface area contributed by atoms with E-state index in [0.717, 1.165) is 5.56 Å². The fourth-order valence-corrected chi connectivity index (χ4v) is 3.02. The zero-order chi connectivity index (χ0) is 15.0. The van der Waals surface area contributed by atoms with Gasteiger partial charge in [0.05, 0.1) is 12.1 Å². The molecule has 1 aromatic rings. The number of fused-ring (bicyclic) bond motifs is 1. The van der Waals surface area contributed by atoms with Gasteiger partial charge in [-0.1, -0.05) is 30.3 Å². The summed E-state index contributed by atoms with van der Waals surface area (Å²) in [5.41, 5.74) is 0.898. The number of amides is 1. The topological polar surface area (TPSA) is 76.1 Å². The molecule has 1 N–H and O–H groups in total. The first-order valence-corrected chi connectivity index (χ1v) is 6.90. The number of ether oxygens (including phenoxy) is 2. The number of hydrogen-bond donors (Lipinski definition) is 1. The Labute approximate surface area is 122 Å². The predicted molar refractivity (Wildman–Crippen MR) is 72.2 cm³/mol. The molecule has 2 bridgehead atoms. The lowest BCUT2D eigenvalue weighted by atomic mass is 9.79. The zero-order valence-corrected chi connectivity index (χ0v) is 11.6. The maximum atomic E-state index is 12.1. The van der Waals surface area contributed by atoms with Crippen molar-refractivity contribution in [2.75, 3.05) is 6.54 Å². The molecule has 3 fully saturated rings. The molecule has 1 aromatic carbocycles. The Morgan fingerprint density at radius 2 is 2.05 bits per heavy atom. The van der Waals surface area contributed by atoms with Crippen molar-refractivity contribution in [2.45, 2.75) is 31.8 Å². The van der Waals surface area contributed by atoms with E-state index in [1.54, 1.807) is 0 Å². The van der Waals surface area contributed by atoms with Crippen LogP contribution in [0.1, 0.15) is 12.5 Å². The van der Waals surface area contributed by atoms with Gasteiger partial charge in [0.2, 0.25) is 0 Å².